The SMILES string of the molecule is [O]Cc1cc2cc(F)cc(Br)c2o1. The van der Waals surface area contributed by atoms with Crippen molar-refractivity contribution in [3.8, 4) is 0 Å². The molecule has 0 fully saturated rings. The Kier molecular flexibility index (Phi) is 2.09. The van der Waals surface area contributed by atoms with Gasteiger partial charge in [0.05, 0.1) is 4.47 Å². The van der Waals surface area contributed by atoms with E-state index < -0.39 is 6.61 Å². The predicted molar refractivity (Wildman–Crippen MR) is 48.3 cm³/mol. The number of fused-ring (bicyclic) bond motifs is 1. The van der Waals surface area contributed by atoms with E-state index in [4.69, 9.17) is 4.42 Å². The molecule has 0 saturated heterocycles. The van der Waals surface area contributed by atoms with Crippen molar-refractivity contribution in [1.29, 1.82) is 0 Å². The van der Waals surface area contributed by atoms with Crippen molar-refractivity contribution in [2.75, 3.05) is 0 Å². The maximum Gasteiger partial charge on any atom is 0.148 e. The van der Waals surface area contributed by atoms with E-state index in [-0.39, 0.29) is 5.82 Å². The summed E-state index contributed by atoms with van der Waals surface area (Å²) in [5.41, 5.74) is 0.521. The molecule has 1 aromatic heterocycles. The number of benzene rings is 1. The van der Waals surface area contributed by atoms with Gasteiger partial charge in [0.25, 0.3) is 0 Å². The zero-order chi connectivity index (χ0) is 9.42. The smallest absolute Gasteiger partial charge is 0.148 e. The zero-order valence-corrected chi connectivity index (χ0v) is 8.10. The molecular weight excluding hydrogens is 239 g/mol. The highest BCUT2D eigenvalue weighted by molar-refractivity contribution is 9.10. The van der Waals surface area contributed by atoms with Gasteiger partial charge in [-0.3, -0.25) is 0 Å². The van der Waals surface area contributed by atoms with Gasteiger partial charge in [-0.1, -0.05) is 0 Å². The molecule has 0 unspecified atom stereocenters. The molecule has 0 aliphatic rings. The minimum absolute atomic E-state index is 0.321. The van der Waals surface area contributed by atoms with E-state index in [9.17, 15) is 9.50 Å². The average molecular weight is 244 g/mol. The Bertz CT molecular complexity index is 450. The van der Waals surface area contributed by atoms with Gasteiger partial charge >= 0.3 is 0 Å². The summed E-state index contributed by atoms with van der Waals surface area (Å²) in [4.78, 5) is 0. The minimum Gasteiger partial charge on any atom is -0.457 e. The fourth-order valence-corrected chi connectivity index (χ4v) is 1.73. The van der Waals surface area contributed by atoms with Crippen molar-refractivity contribution in [2.24, 2.45) is 0 Å². The Balaban J connectivity index is 2.75. The lowest BCUT2D eigenvalue weighted by Gasteiger charge is -1.92. The topological polar surface area (TPSA) is 33.0 Å². The van der Waals surface area contributed by atoms with Gasteiger partial charge in [0.15, 0.2) is 0 Å². The molecule has 0 aliphatic carbocycles. The van der Waals surface area contributed by atoms with E-state index in [0.29, 0.717) is 21.2 Å². The minimum atomic E-state index is -0.428. The van der Waals surface area contributed by atoms with E-state index in [1.54, 1.807) is 6.07 Å². The van der Waals surface area contributed by atoms with Gasteiger partial charge in [-0.2, -0.15) is 0 Å². The van der Waals surface area contributed by atoms with Crippen LogP contribution in [0.2, 0.25) is 0 Å². The van der Waals surface area contributed by atoms with Gasteiger partial charge in [0.1, 0.15) is 23.8 Å². The highest BCUT2D eigenvalue weighted by atomic mass is 79.9. The first-order valence-corrected chi connectivity index (χ1v) is 4.45. The number of hydrogen-bond acceptors (Lipinski definition) is 1. The molecule has 1 radical (unpaired) electrons. The summed E-state index contributed by atoms with van der Waals surface area (Å²) in [6, 6.07) is 4.19. The number of rotatable bonds is 1. The van der Waals surface area contributed by atoms with Crippen molar-refractivity contribution < 1.29 is 13.9 Å². The second-order valence-electron chi connectivity index (χ2n) is 2.66. The Labute approximate surface area is 82.1 Å². The molecule has 1 heterocycles. The third-order valence-electron chi connectivity index (χ3n) is 1.73. The summed E-state index contributed by atoms with van der Waals surface area (Å²) in [6.45, 7) is -0.428. The lowest BCUT2D eigenvalue weighted by Crippen LogP contribution is -1.73. The molecule has 2 rings (SSSR count). The maximum absolute atomic E-state index is 12.9. The Morgan fingerprint density at radius 3 is 2.85 bits per heavy atom. The monoisotopic (exact) mass is 243 g/mol. The van der Waals surface area contributed by atoms with E-state index in [2.05, 4.69) is 15.9 Å². The van der Waals surface area contributed by atoms with Crippen LogP contribution in [-0.4, -0.2) is 0 Å². The van der Waals surface area contributed by atoms with Crippen LogP contribution in [0.15, 0.2) is 27.1 Å². The number of halogens is 2. The summed E-state index contributed by atoms with van der Waals surface area (Å²) in [6.07, 6.45) is 0. The summed E-state index contributed by atoms with van der Waals surface area (Å²) >= 11 is 3.15. The second kappa shape index (κ2) is 3.12. The van der Waals surface area contributed by atoms with E-state index in [1.807, 2.05) is 0 Å². The predicted octanol–water partition coefficient (Wildman–Crippen LogP) is 3.26. The van der Waals surface area contributed by atoms with Crippen LogP contribution < -0.4 is 0 Å². The molecule has 0 saturated carbocycles. The molecule has 0 aliphatic heterocycles. The van der Waals surface area contributed by atoms with Crippen LogP contribution in [-0.2, 0) is 11.7 Å². The van der Waals surface area contributed by atoms with Crippen molar-refractivity contribution in [3.05, 3.63) is 34.2 Å². The molecule has 4 heteroatoms. The van der Waals surface area contributed by atoms with Crippen LogP contribution in [0.4, 0.5) is 4.39 Å². The third kappa shape index (κ3) is 1.47. The summed E-state index contributed by atoms with van der Waals surface area (Å²) in [7, 11) is 0. The fourth-order valence-electron chi connectivity index (χ4n) is 1.20. The van der Waals surface area contributed by atoms with Crippen molar-refractivity contribution in [3.63, 3.8) is 0 Å². The first-order valence-electron chi connectivity index (χ1n) is 3.66. The Hall–Kier alpha value is -0.870. The van der Waals surface area contributed by atoms with Crippen LogP contribution in [0.5, 0.6) is 0 Å². The van der Waals surface area contributed by atoms with Gasteiger partial charge in [-0.15, -0.1) is 0 Å². The van der Waals surface area contributed by atoms with Crippen LogP contribution in [0.25, 0.3) is 11.0 Å². The molecule has 13 heavy (non-hydrogen) atoms. The van der Waals surface area contributed by atoms with Crippen LogP contribution >= 0.6 is 15.9 Å². The first-order chi connectivity index (χ1) is 6.20. The Morgan fingerprint density at radius 2 is 2.15 bits per heavy atom. The van der Waals surface area contributed by atoms with Gasteiger partial charge in [0, 0.05) is 5.39 Å². The molecule has 0 atom stereocenters. The molecule has 0 spiro atoms. The fraction of sp³-hybridized carbons (Fsp3) is 0.111. The molecule has 2 nitrogen and oxygen atoms in total. The molecule has 0 bridgehead atoms. The number of furan rings is 1. The van der Waals surface area contributed by atoms with Crippen molar-refractivity contribution >= 4 is 26.9 Å². The van der Waals surface area contributed by atoms with E-state index in [0.717, 1.165) is 0 Å². The van der Waals surface area contributed by atoms with E-state index in [1.165, 1.54) is 12.1 Å². The number of hydrogen-bond donors (Lipinski definition) is 0. The molecular formula is C9H5BrFO2. The van der Waals surface area contributed by atoms with Crippen LogP contribution in [0.3, 0.4) is 0 Å². The summed E-state index contributed by atoms with van der Waals surface area (Å²) in [5.74, 6) is -0.0288. The van der Waals surface area contributed by atoms with Gasteiger partial charge < -0.3 is 4.42 Å². The zero-order valence-electron chi connectivity index (χ0n) is 6.51. The standard InChI is InChI=1S/C9H5BrFO2/c10-8-3-6(11)1-5-2-7(4-12)13-9(5)8/h1-3H,4H2. The van der Waals surface area contributed by atoms with Crippen molar-refractivity contribution in [1.82, 2.24) is 0 Å². The van der Waals surface area contributed by atoms with Crippen LogP contribution in [0, 0.1) is 5.82 Å². The molecule has 0 amide bonds. The third-order valence-corrected chi connectivity index (χ3v) is 2.32. The second-order valence-corrected chi connectivity index (χ2v) is 3.52. The summed E-state index contributed by atoms with van der Waals surface area (Å²) < 4.78 is 18.6. The van der Waals surface area contributed by atoms with E-state index >= 15 is 0 Å². The summed E-state index contributed by atoms with van der Waals surface area (Å²) in [5, 5.41) is 11.1. The highest BCUT2D eigenvalue weighted by Gasteiger charge is 2.08. The lowest BCUT2D eigenvalue weighted by molar-refractivity contribution is 0.157. The van der Waals surface area contributed by atoms with Gasteiger partial charge in [-0.05, 0) is 34.1 Å². The quantitative estimate of drug-likeness (QED) is 0.757. The van der Waals surface area contributed by atoms with Gasteiger partial charge in [-0.25, -0.2) is 9.50 Å². The Morgan fingerprint density at radius 1 is 1.38 bits per heavy atom. The maximum atomic E-state index is 12.9. The average Bonchev–Trinajstić information content (AvgIpc) is 2.47. The largest absolute Gasteiger partial charge is 0.457 e. The van der Waals surface area contributed by atoms with Gasteiger partial charge in [0.2, 0.25) is 0 Å². The first kappa shape index (κ1) is 8.72. The van der Waals surface area contributed by atoms with Crippen molar-refractivity contribution in [2.45, 2.75) is 6.61 Å². The van der Waals surface area contributed by atoms with Crippen LogP contribution in [0.1, 0.15) is 5.76 Å². The normalized spacial score (nSPS) is 11.0. The molecule has 67 valence electrons. The molecule has 2 aromatic rings. The molecule has 0 N–H and O–H groups in total. The lowest BCUT2D eigenvalue weighted by atomic mass is 10.2. The highest BCUT2D eigenvalue weighted by Crippen LogP contribution is 2.28. The molecule has 1 aromatic carbocycles.